The van der Waals surface area contributed by atoms with Crippen molar-refractivity contribution in [1.29, 1.82) is 0 Å². The largest absolute Gasteiger partial charge is 0.496 e. The van der Waals surface area contributed by atoms with Crippen molar-refractivity contribution >= 4 is 27.9 Å². The molecule has 2 amide bonds. The van der Waals surface area contributed by atoms with E-state index in [1.807, 2.05) is 43.9 Å². The quantitative estimate of drug-likeness (QED) is 0.739. The first-order chi connectivity index (χ1) is 12.2. The fraction of sp³-hybridized carbons (Fsp3) is 0.579. The molecule has 1 saturated heterocycles. The third-order valence-electron chi connectivity index (χ3n) is 4.13. The summed E-state index contributed by atoms with van der Waals surface area (Å²) in [5.74, 6) is 0.888. The molecule has 0 atom stereocenters. The molecule has 0 aliphatic carbocycles. The summed E-state index contributed by atoms with van der Waals surface area (Å²) in [5.41, 5.74) is 0.579. The standard InChI is InChI=1S/C19H27BrN2O4/c1-19(2,3)26-18(24)22-11-9-21(10-12-22)17(23)8-6-14-5-7-16(25-4)15(20)13-14/h5,7,13H,6,8-12H2,1-4H3. The van der Waals surface area contributed by atoms with Crippen LogP contribution in [-0.4, -0.2) is 60.7 Å². The van der Waals surface area contributed by atoms with Gasteiger partial charge in [0.05, 0.1) is 11.6 Å². The van der Waals surface area contributed by atoms with E-state index in [0.717, 1.165) is 15.8 Å². The Kier molecular flexibility index (Phi) is 6.92. The number of benzene rings is 1. The van der Waals surface area contributed by atoms with Crippen LogP contribution in [0.1, 0.15) is 32.8 Å². The minimum absolute atomic E-state index is 0.112. The van der Waals surface area contributed by atoms with Crippen LogP contribution in [0.25, 0.3) is 0 Å². The molecule has 0 bridgehead atoms. The van der Waals surface area contributed by atoms with Gasteiger partial charge >= 0.3 is 6.09 Å². The maximum atomic E-state index is 12.4. The van der Waals surface area contributed by atoms with Crippen molar-refractivity contribution in [3.63, 3.8) is 0 Å². The number of rotatable bonds is 4. The summed E-state index contributed by atoms with van der Waals surface area (Å²) in [6, 6.07) is 5.84. The Morgan fingerprint density at radius 3 is 2.27 bits per heavy atom. The second-order valence-corrected chi connectivity index (χ2v) is 8.17. The highest BCUT2D eigenvalue weighted by atomic mass is 79.9. The summed E-state index contributed by atoms with van der Waals surface area (Å²) in [6.07, 6.45) is 0.812. The van der Waals surface area contributed by atoms with Crippen LogP contribution >= 0.6 is 15.9 Å². The zero-order valence-electron chi connectivity index (χ0n) is 15.9. The van der Waals surface area contributed by atoms with Crippen molar-refractivity contribution in [3.8, 4) is 5.75 Å². The number of aryl methyl sites for hydroxylation is 1. The van der Waals surface area contributed by atoms with Gasteiger partial charge in [-0.3, -0.25) is 4.79 Å². The highest BCUT2D eigenvalue weighted by Crippen LogP contribution is 2.26. The van der Waals surface area contributed by atoms with E-state index in [9.17, 15) is 9.59 Å². The Hall–Kier alpha value is -1.76. The van der Waals surface area contributed by atoms with Gasteiger partial charge < -0.3 is 19.3 Å². The minimum atomic E-state index is -0.503. The number of carbonyl (C=O) groups is 2. The van der Waals surface area contributed by atoms with E-state index in [1.165, 1.54) is 0 Å². The Morgan fingerprint density at radius 2 is 1.73 bits per heavy atom. The van der Waals surface area contributed by atoms with E-state index in [2.05, 4.69) is 15.9 Å². The molecule has 0 unspecified atom stereocenters. The molecule has 1 heterocycles. The molecule has 0 aromatic heterocycles. The molecular formula is C19H27BrN2O4. The predicted octanol–water partition coefficient (Wildman–Crippen LogP) is 3.47. The number of ether oxygens (including phenoxy) is 2. The van der Waals surface area contributed by atoms with E-state index in [0.29, 0.717) is 39.0 Å². The summed E-state index contributed by atoms with van der Waals surface area (Å²) < 4.78 is 11.5. The van der Waals surface area contributed by atoms with Crippen LogP contribution in [0.3, 0.4) is 0 Å². The zero-order chi connectivity index (χ0) is 19.3. The predicted molar refractivity (Wildman–Crippen MR) is 103 cm³/mol. The average Bonchev–Trinajstić information content (AvgIpc) is 2.58. The Balaban J connectivity index is 1.79. The minimum Gasteiger partial charge on any atom is -0.496 e. The molecule has 1 aromatic rings. The third-order valence-corrected chi connectivity index (χ3v) is 4.75. The SMILES string of the molecule is COc1ccc(CCC(=O)N2CCN(C(=O)OC(C)(C)C)CC2)cc1Br. The second kappa shape index (κ2) is 8.75. The van der Waals surface area contributed by atoms with Gasteiger partial charge in [-0.2, -0.15) is 0 Å². The molecule has 6 nitrogen and oxygen atoms in total. The fourth-order valence-electron chi connectivity index (χ4n) is 2.74. The summed E-state index contributed by atoms with van der Waals surface area (Å²) in [5, 5.41) is 0. The van der Waals surface area contributed by atoms with Crippen LogP contribution < -0.4 is 4.74 Å². The first-order valence-electron chi connectivity index (χ1n) is 8.78. The lowest BCUT2D eigenvalue weighted by Crippen LogP contribution is -2.51. The average molecular weight is 427 g/mol. The lowest BCUT2D eigenvalue weighted by atomic mass is 10.1. The molecule has 0 N–H and O–H groups in total. The number of piperazine rings is 1. The maximum Gasteiger partial charge on any atom is 0.410 e. The van der Waals surface area contributed by atoms with Crippen LogP contribution in [-0.2, 0) is 16.0 Å². The molecule has 26 heavy (non-hydrogen) atoms. The van der Waals surface area contributed by atoms with Crippen molar-refractivity contribution in [2.24, 2.45) is 0 Å². The van der Waals surface area contributed by atoms with Gasteiger partial charge in [-0.15, -0.1) is 0 Å². The molecule has 7 heteroatoms. The first-order valence-corrected chi connectivity index (χ1v) is 9.57. The number of carbonyl (C=O) groups excluding carboxylic acids is 2. The smallest absolute Gasteiger partial charge is 0.410 e. The number of hydrogen-bond acceptors (Lipinski definition) is 4. The topological polar surface area (TPSA) is 59.1 Å². The van der Waals surface area contributed by atoms with Gasteiger partial charge in [0.25, 0.3) is 0 Å². The summed E-state index contributed by atoms with van der Waals surface area (Å²) in [4.78, 5) is 28.0. The lowest BCUT2D eigenvalue weighted by molar-refractivity contribution is -0.132. The monoisotopic (exact) mass is 426 g/mol. The summed E-state index contributed by atoms with van der Waals surface area (Å²) in [7, 11) is 1.63. The Labute approximate surface area is 163 Å². The normalized spacial score (nSPS) is 15.0. The van der Waals surface area contributed by atoms with Gasteiger partial charge in [-0.1, -0.05) is 6.07 Å². The van der Waals surface area contributed by atoms with Gasteiger partial charge in [0.2, 0.25) is 5.91 Å². The molecule has 1 aromatic carbocycles. The van der Waals surface area contributed by atoms with Crippen molar-refractivity contribution in [2.75, 3.05) is 33.3 Å². The van der Waals surface area contributed by atoms with Crippen LogP contribution in [0.5, 0.6) is 5.75 Å². The number of hydrogen-bond donors (Lipinski definition) is 0. The highest BCUT2D eigenvalue weighted by Gasteiger charge is 2.27. The van der Waals surface area contributed by atoms with Crippen LogP contribution in [0.2, 0.25) is 0 Å². The lowest BCUT2D eigenvalue weighted by Gasteiger charge is -2.35. The first kappa shape index (κ1) is 20.6. The van der Waals surface area contributed by atoms with Crippen molar-refractivity contribution in [2.45, 2.75) is 39.2 Å². The van der Waals surface area contributed by atoms with Crippen molar-refractivity contribution in [3.05, 3.63) is 28.2 Å². The summed E-state index contributed by atoms with van der Waals surface area (Å²) in [6.45, 7) is 7.66. The van der Waals surface area contributed by atoms with Crippen LogP contribution in [0.15, 0.2) is 22.7 Å². The highest BCUT2D eigenvalue weighted by molar-refractivity contribution is 9.10. The van der Waals surface area contributed by atoms with Gasteiger partial charge in [0.1, 0.15) is 11.4 Å². The van der Waals surface area contributed by atoms with E-state index < -0.39 is 5.60 Å². The fourth-order valence-corrected chi connectivity index (χ4v) is 3.33. The summed E-state index contributed by atoms with van der Waals surface area (Å²) >= 11 is 3.46. The van der Waals surface area contributed by atoms with Crippen LogP contribution in [0.4, 0.5) is 4.79 Å². The number of amides is 2. The van der Waals surface area contributed by atoms with Gasteiger partial charge in [-0.05, 0) is 60.8 Å². The van der Waals surface area contributed by atoms with E-state index in [4.69, 9.17) is 9.47 Å². The molecule has 144 valence electrons. The van der Waals surface area contributed by atoms with Gasteiger partial charge in [0.15, 0.2) is 0 Å². The van der Waals surface area contributed by atoms with E-state index >= 15 is 0 Å². The number of nitrogens with zero attached hydrogens (tertiary/aromatic N) is 2. The third kappa shape index (κ3) is 5.90. The molecule has 2 rings (SSSR count). The molecule has 0 saturated carbocycles. The van der Waals surface area contributed by atoms with E-state index in [1.54, 1.807) is 12.0 Å². The van der Waals surface area contributed by atoms with Gasteiger partial charge in [0, 0.05) is 32.6 Å². The number of halogens is 1. The number of methoxy groups -OCH3 is 1. The molecule has 1 aliphatic rings. The Bertz CT molecular complexity index is 649. The molecule has 1 aliphatic heterocycles. The van der Waals surface area contributed by atoms with E-state index in [-0.39, 0.29) is 12.0 Å². The van der Waals surface area contributed by atoms with Crippen molar-refractivity contribution in [1.82, 2.24) is 9.80 Å². The Morgan fingerprint density at radius 1 is 1.12 bits per heavy atom. The second-order valence-electron chi connectivity index (χ2n) is 7.32. The zero-order valence-corrected chi connectivity index (χ0v) is 17.5. The molecule has 0 spiro atoms. The van der Waals surface area contributed by atoms with Crippen molar-refractivity contribution < 1.29 is 19.1 Å². The maximum absolute atomic E-state index is 12.4. The molecule has 0 radical (unpaired) electrons. The molecular weight excluding hydrogens is 400 g/mol. The molecule has 1 fully saturated rings. The van der Waals surface area contributed by atoms with Crippen LogP contribution in [0, 0.1) is 0 Å². The van der Waals surface area contributed by atoms with Gasteiger partial charge in [-0.25, -0.2) is 4.79 Å².